The van der Waals surface area contributed by atoms with Crippen LogP contribution in [0.4, 0.5) is 14.5 Å². The Morgan fingerprint density at radius 1 is 1.47 bits per heavy atom. The minimum Gasteiger partial charge on any atom is -0.294 e. The molecule has 0 aliphatic carbocycles. The van der Waals surface area contributed by atoms with Crippen LogP contribution in [0, 0.1) is 10.1 Å². The first kappa shape index (κ1) is 13.2. The van der Waals surface area contributed by atoms with Gasteiger partial charge in [-0.15, -0.1) is 0 Å². The molecule has 0 N–H and O–H groups in total. The Kier molecular flexibility index (Phi) is 3.88. The van der Waals surface area contributed by atoms with Crippen molar-refractivity contribution in [1.29, 1.82) is 0 Å². The Labute approximate surface area is 96.4 Å². The number of nitro groups is 1. The van der Waals surface area contributed by atoms with Gasteiger partial charge in [0, 0.05) is 11.6 Å². The number of nitro benzene ring substituents is 1. The van der Waals surface area contributed by atoms with E-state index in [1.54, 1.807) is 6.92 Å². The number of carbonyl (C=O) groups is 1. The summed E-state index contributed by atoms with van der Waals surface area (Å²) in [5, 5.41) is 10.7. The summed E-state index contributed by atoms with van der Waals surface area (Å²) in [7, 11) is 0. The third-order valence-corrected chi connectivity index (χ3v) is 2.44. The van der Waals surface area contributed by atoms with Crippen LogP contribution in [0.25, 0.3) is 0 Å². The molecule has 0 aliphatic heterocycles. The van der Waals surface area contributed by atoms with Crippen LogP contribution in [0.3, 0.4) is 0 Å². The minimum atomic E-state index is -2.93. The van der Waals surface area contributed by atoms with E-state index in [1.807, 2.05) is 0 Å². The predicted molar refractivity (Wildman–Crippen MR) is 57.4 cm³/mol. The van der Waals surface area contributed by atoms with E-state index in [0.717, 1.165) is 12.1 Å². The molecule has 4 nitrogen and oxygen atoms in total. The number of Topliss-reactive ketones (excluding diaryl/α,β-unsaturated/α-hetero) is 1. The van der Waals surface area contributed by atoms with Crippen LogP contribution in [0.2, 0.25) is 0 Å². The molecule has 1 rings (SSSR count). The summed E-state index contributed by atoms with van der Waals surface area (Å²) in [5.74, 6) is -0.370. The number of rotatable bonds is 4. The Morgan fingerprint density at radius 3 is 2.41 bits per heavy atom. The summed E-state index contributed by atoms with van der Waals surface area (Å²) >= 11 is 0. The largest absolute Gasteiger partial charge is 0.294 e. The molecular formula is C11H11F2NO3. The van der Waals surface area contributed by atoms with Gasteiger partial charge in [-0.25, -0.2) is 8.78 Å². The molecule has 0 bridgehead atoms. The lowest BCUT2D eigenvalue weighted by atomic mass is 9.98. The molecule has 0 unspecified atom stereocenters. The molecule has 92 valence electrons. The third kappa shape index (κ3) is 2.64. The maximum atomic E-state index is 12.6. The first-order valence-corrected chi connectivity index (χ1v) is 4.98. The summed E-state index contributed by atoms with van der Waals surface area (Å²) in [6, 6.07) is 1.97. The lowest BCUT2D eigenvalue weighted by Crippen LogP contribution is -2.04. The smallest absolute Gasteiger partial charge is 0.279 e. The van der Waals surface area contributed by atoms with Crippen LogP contribution >= 0.6 is 0 Å². The van der Waals surface area contributed by atoms with Gasteiger partial charge in [-0.3, -0.25) is 14.9 Å². The van der Waals surface area contributed by atoms with Crippen LogP contribution in [-0.4, -0.2) is 10.7 Å². The fourth-order valence-electron chi connectivity index (χ4n) is 1.61. The van der Waals surface area contributed by atoms with Crippen molar-refractivity contribution in [3.05, 3.63) is 38.9 Å². The monoisotopic (exact) mass is 243 g/mol. The molecule has 0 saturated carbocycles. The average molecular weight is 243 g/mol. The molecule has 1 aromatic rings. The molecule has 0 aromatic heterocycles. The van der Waals surface area contributed by atoms with Gasteiger partial charge >= 0.3 is 0 Å². The van der Waals surface area contributed by atoms with Crippen LogP contribution in [-0.2, 0) is 6.42 Å². The molecule has 0 atom stereocenters. The van der Waals surface area contributed by atoms with Crippen molar-refractivity contribution in [2.45, 2.75) is 26.7 Å². The zero-order valence-electron chi connectivity index (χ0n) is 9.37. The molecule has 0 aliphatic rings. The van der Waals surface area contributed by atoms with E-state index >= 15 is 0 Å². The summed E-state index contributed by atoms with van der Waals surface area (Å²) < 4.78 is 25.3. The molecule has 0 spiro atoms. The van der Waals surface area contributed by atoms with Crippen molar-refractivity contribution in [2.75, 3.05) is 0 Å². The standard InChI is InChI=1S/C11H11F2NO3/c1-3-7-4-9(11(12)13)10(14(16)17)5-8(7)6(2)15/h4-5,11H,3H2,1-2H3. The second-order valence-electron chi connectivity index (χ2n) is 3.54. The Hall–Kier alpha value is -1.85. The number of nitrogens with zero attached hydrogens (tertiary/aromatic N) is 1. The summed E-state index contributed by atoms with van der Waals surface area (Å²) in [4.78, 5) is 21.0. The van der Waals surface area contributed by atoms with Gasteiger partial charge in [-0.05, 0) is 25.0 Å². The van der Waals surface area contributed by atoms with Gasteiger partial charge < -0.3 is 0 Å². The number of benzene rings is 1. The van der Waals surface area contributed by atoms with Crippen molar-refractivity contribution in [3.63, 3.8) is 0 Å². The van der Waals surface area contributed by atoms with E-state index in [9.17, 15) is 23.7 Å². The van der Waals surface area contributed by atoms with Crippen molar-refractivity contribution >= 4 is 11.5 Å². The highest BCUT2D eigenvalue weighted by Gasteiger charge is 2.24. The minimum absolute atomic E-state index is 0.128. The highest BCUT2D eigenvalue weighted by Crippen LogP contribution is 2.32. The number of hydrogen-bond donors (Lipinski definition) is 0. The maximum absolute atomic E-state index is 12.6. The zero-order chi connectivity index (χ0) is 13.2. The maximum Gasteiger partial charge on any atom is 0.279 e. The Morgan fingerprint density at radius 2 is 2.06 bits per heavy atom. The van der Waals surface area contributed by atoms with Crippen molar-refractivity contribution in [1.82, 2.24) is 0 Å². The molecular weight excluding hydrogens is 232 g/mol. The van der Waals surface area contributed by atoms with E-state index in [-0.39, 0.29) is 11.3 Å². The number of halogens is 2. The highest BCUT2D eigenvalue weighted by molar-refractivity contribution is 5.96. The fraction of sp³-hybridized carbons (Fsp3) is 0.364. The topological polar surface area (TPSA) is 60.2 Å². The van der Waals surface area contributed by atoms with E-state index < -0.39 is 22.6 Å². The Balaban J connectivity index is 3.53. The van der Waals surface area contributed by atoms with Gasteiger partial charge in [0.2, 0.25) is 0 Å². The number of alkyl halides is 2. The van der Waals surface area contributed by atoms with Crippen LogP contribution in [0.5, 0.6) is 0 Å². The fourth-order valence-corrected chi connectivity index (χ4v) is 1.61. The zero-order valence-corrected chi connectivity index (χ0v) is 9.37. The molecule has 17 heavy (non-hydrogen) atoms. The van der Waals surface area contributed by atoms with E-state index in [1.165, 1.54) is 6.92 Å². The van der Waals surface area contributed by atoms with Gasteiger partial charge in [-0.1, -0.05) is 6.92 Å². The number of hydrogen-bond acceptors (Lipinski definition) is 3. The SMILES string of the molecule is CCc1cc(C(F)F)c([N+](=O)[O-])cc1C(C)=O. The lowest BCUT2D eigenvalue weighted by Gasteiger charge is -2.08. The molecule has 0 radical (unpaired) electrons. The van der Waals surface area contributed by atoms with Crippen LogP contribution in [0.15, 0.2) is 12.1 Å². The second kappa shape index (κ2) is 4.99. The molecule has 0 amide bonds. The highest BCUT2D eigenvalue weighted by atomic mass is 19.3. The van der Waals surface area contributed by atoms with E-state index in [0.29, 0.717) is 12.0 Å². The number of carbonyl (C=O) groups excluding carboxylic acids is 1. The predicted octanol–water partition coefficient (Wildman–Crippen LogP) is 3.30. The average Bonchev–Trinajstić information content (AvgIpc) is 2.26. The summed E-state index contributed by atoms with van der Waals surface area (Å²) in [6.07, 6.45) is -2.56. The van der Waals surface area contributed by atoms with Crippen LogP contribution < -0.4 is 0 Å². The summed E-state index contributed by atoms with van der Waals surface area (Å²) in [6.45, 7) is 2.95. The number of ketones is 1. The quantitative estimate of drug-likeness (QED) is 0.463. The molecule has 0 heterocycles. The van der Waals surface area contributed by atoms with E-state index in [2.05, 4.69) is 0 Å². The molecule has 6 heteroatoms. The Bertz CT molecular complexity index is 472. The van der Waals surface area contributed by atoms with Crippen molar-refractivity contribution in [2.24, 2.45) is 0 Å². The normalized spacial score (nSPS) is 10.6. The van der Waals surface area contributed by atoms with Crippen molar-refractivity contribution in [3.8, 4) is 0 Å². The third-order valence-electron chi connectivity index (χ3n) is 2.44. The van der Waals surface area contributed by atoms with E-state index in [4.69, 9.17) is 0 Å². The first-order valence-electron chi connectivity index (χ1n) is 4.98. The number of aryl methyl sites for hydroxylation is 1. The van der Waals surface area contributed by atoms with Gasteiger partial charge in [0.25, 0.3) is 12.1 Å². The summed E-state index contributed by atoms with van der Waals surface area (Å²) in [5.41, 5.74) is -0.818. The first-order chi connectivity index (χ1) is 7.88. The lowest BCUT2D eigenvalue weighted by molar-refractivity contribution is -0.386. The van der Waals surface area contributed by atoms with Crippen LogP contribution in [0.1, 0.15) is 41.8 Å². The van der Waals surface area contributed by atoms with Gasteiger partial charge in [-0.2, -0.15) is 0 Å². The van der Waals surface area contributed by atoms with Gasteiger partial charge in [0.1, 0.15) is 0 Å². The van der Waals surface area contributed by atoms with Crippen molar-refractivity contribution < 1.29 is 18.5 Å². The molecule has 0 fully saturated rings. The van der Waals surface area contributed by atoms with Gasteiger partial charge in [0.15, 0.2) is 5.78 Å². The molecule has 1 aromatic carbocycles. The molecule has 0 saturated heterocycles. The van der Waals surface area contributed by atoms with Gasteiger partial charge in [0.05, 0.1) is 10.5 Å². The second-order valence-corrected chi connectivity index (χ2v) is 3.54.